The smallest absolute Gasteiger partial charge is 0.244 e. The van der Waals surface area contributed by atoms with Crippen LogP contribution in [0.5, 0.6) is 0 Å². The van der Waals surface area contributed by atoms with Crippen molar-refractivity contribution < 1.29 is 8.42 Å². The number of hydrogen-bond acceptors (Lipinski definition) is 4. The monoisotopic (exact) mass is 391 g/mol. The van der Waals surface area contributed by atoms with E-state index < -0.39 is 10.0 Å². The Morgan fingerprint density at radius 3 is 2.81 bits per heavy atom. The summed E-state index contributed by atoms with van der Waals surface area (Å²) in [5.41, 5.74) is 1.84. The van der Waals surface area contributed by atoms with Gasteiger partial charge in [0, 0.05) is 32.0 Å². The van der Waals surface area contributed by atoms with Crippen LogP contribution in [-0.2, 0) is 23.1 Å². The van der Waals surface area contributed by atoms with E-state index >= 15 is 0 Å². The number of nitrogens with zero attached hydrogens (tertiary/aromatic N) is 1. The topological polar surface area (TPSA) is 65.2 Å². The zero-order valence-electron chi connectivity index (χ0n) is 11.9. The normalized spacial score (nSPS) is 12.2. The minimum atomic E-state index is -3.47. The molecular weight excluding hydrogens is 374 g/mol. The van der Waals surface area contributed by atoms with Gasteiger partial charge in [-0.15, -0.1) is 11.3 Å². The number of thiophene rings is 1. The maximum Gasteiger partial charge on any atom is 0.244 e. The first kappa shape index (κ1) is 16.7. The first-order valence-corrected chi connectivity index (χ1v) is 9.62. The Kier molecular flexibility index (Phi) is 5.61. The second-order valence-electron chi connectivity index (χ2n) is 4.66. The third-order valence-corrected chi connectivity index (χ3v) is 6.35. The average molecular weight is 392 g/mol. The van der Waals surface area contributed by atoms with Gasteiger partial charge in [0.1, 0.15) is 0 Å². The molecule has 0 saturated heterocycles. The van der Waals surface area contributed by atoms with Crippen LogP contribution in [-0.4, -0.2) is 31.3 Å². The van der Waals surface area contributed by atoms with Crippen LogP contribution in [0.4, 0.5) is 0 Å². The van der Waals surface area contributed by atoms with Crippen molar-refractivity contribution in [2.75, 3.05) is 13.6 Å². The SMILES string of the molecule is CCNCc1cc(S(=O)(=O)N(C)Cc2csc(Br)c2)c[nH]1. The summed E-state index contributed by atoms with van der Waals surface area (Å²) in [5.74, 6) is 0. The molecule has 0 bridgehead atoms. The fourth-order valence-electron chi connectivity index (χ4n) is 1.88. The molecule has 2 aromatic heterocycles. The molecule has 2 aromatic rings. The van der Waals surface area contributed by atoms with Gasteiger partial charge in [0.05, 0.1) is 8.68 Å². The minimum Gasteiger partial charge on any atom is -0.363 e. The Morgan fingerprint density at radius 2 is 2.19 bits per heavy atom. The number of sulfonamides is 1. The number of aromatic amines is 1. The molecule has 0 spiro atoms. The lowest BCUT2D eigenvalue weighted by molar-refractivity contribution is 0.467. The first-order valence-electron chi connectivity index (χ1n) is 6.50. The van der Waals surface area contributed by atoms with Crippen molar-refractivity contribution in [2.45, 2.75) is 24.9 Å². The van der Waals surface area contributed by atoms with Crippen molar-refractivity contribution >= 4 is 37.3 Å². The van der Waals surface area contributed by atoms with Gasteiger partial charge >= 0.3 is 0 Å². The van der Waals surface area contributed by atoms with Crippen LogP contribution in [0.15, 0.2) is 32.4 Å². The number of nitrogens with one attached hydrogen (secondary N) is 2. The number of rotatable bonds is 7. The molecule has 8 heteroatoms. The number of aromatic nitrogens is 1. The van der Waals surface area contributed by atoms with Crippen LogP contribution in [0.2, 0.25) is 0 Å². The Labute approximate surface area is 137 Å². The summed E-state index contributed by atoms with van der Waals surface area (Å²) < 4.78 is 27.4. The molecule has 0 aliphatic heterocycles. The summed E-state index contributed by atoms with van der Waals surface area (Å²) in [6.45, 7) is 3.84. The highest BCUT2D eigenvalue weighted by Gasteiger charge is 2.22. The molecule has 0 fully saturated rings. The van der Waals surface area contributed by atoms with Crippen LogP contribution in [0, 0.1) is 0 Å². The van der Waals surface area contributed by atoms with E-state index in [9.17, 15) is 8.42 Å². The van der Waals surface area contributed by atoms with E-state index in [1.54, 1.807) is 30.6 Å². The van der Waals surface area contributed by atoms with Gasteiger partial charge in [-0.3, -0.25) is 0 Å². The van der Waals surface area contributed by atoms with Crippen molar-refractivity contribution in [3.63, 3.8) is 0 Å². The highest BCUT2D eigenvalue weighted by Crippen LogP contribution is 2.23. The molecule has 0 amide bonds. The lowest BCUT2D eigenvalue weighted by Gasteiger charge is -2.15. The molecule has 0 aliphatic rings. The van der Waals surface area contributed by atoms with E-state index in [1.807, 2.05) is 18.4 Å². The molecule has 0 unspecified atom stereocenters. The van der Waals surface area contributed by atoms with E-state index in [0.29, 0.717) is 18.0 Å². The Hall–Kier alpha value is -0.670. The van der Waals surface area contributed by atoms with E-state index in [1.165, 1.54) is 4.31 Å². The highest BCUT2D eigenvalue weighted by atomic mass is 79.9. The Balaban J connectivity index is 2.11. The zero-order valence-corrected chi connectivity index (χ0v) is 15.1. The van der Waals surface area contributed by atoms with Gasteiger partial charge in [0.15, 0.2) is 0 Å². The lowest BCUT2D eigenvalue weighted by atomic mass is 10.3. The largest absolute Gasteiger partial charge is 0.363 e. The van der Waals surface area contributed by atoms with Gasteiger partial charge in [-0.2, -0.15) is 4.31 Å². The van der Waals surface area contributed by atoms with Gasteiger partial charge in [-0.1, -0.05) is 6.92 Å². The van der Waals surface area contributed by atoms with E-state index in [-0.39, 0.29) is 0 Å². The van der Waals surface area contributed by atoms with Gasteiger partial charge in [0.2, 0.25) is 10.0 Å². The molecule has 0 aromatic carbocycles. The van der Waals surface area contributed by atoms with Crippen LogP contribution < -0.4 is 5.32 Å². The molecule has 21 heavy (non-hydrogen) atoms. The summed E-state index contributed by atoms with van der Waals surface area (Å²) in [6.07, 6.45) is 1.54. The summed E-state index contributed by atoms with van der Waals surface area (Å²) in [6, 6.07) is 3.61. The molecule has 0 atom stereocenters. The molecule has 0 saturated carbocycles. The maximum atomic E-state index is 12.5. The summed E-state index contributed by atoms with van der Waals surface area (Å²) >= 11 is 4.93. The average Bonchev–Trinajstić information content (AvgIpc) is 3.06. The van der Waals surface area contributed by atoms with Gasteiger partial charge < -0.3 is 10.3 Å². The van der Waals surface area contributed by atoms with Crippen LogP contribution >= 0.6 is 27.3 Å². The fraction of sp³-hybridized carbons (Fsp3) is 0.385. The third-order valence-electron chi connectivity index (χ3n) is 3.02. The van der Waals surface area contributed by atoms with Crippen molar-refractivity contribution in [3.8, 4) is 0 Å². The summed E-state index contributed by atoms with van der Waals surface area (Å²) in [7, 11) is -1.87. The zero-order chi connectivity index (χ0) is 15.5. The van der Waals surface area contributed by atoms with Crippen molar-refractivity contribution in [1.82, 2.24) is 14.6 Å². The van der Waals surface area contributed by atoms with Crippen molar-refractivity contribution in [1.29, 1.82) is 0 Å². The molecular formula is C13H18BrN3O2S2. The quantitative estimate of drug-likeness (QED) is 0.762. The van der Waals surface area contributed by atoms with E-state index in [4.69, 9.17) is 0 Å². The van der Waals surface area contributed by atoms with Gasteiger partial charge in [0.25, 0.3) is 0 Å². The summed E-state index contributed by atoms with van der Waals surface area (Å²) in [5, 5.41) is 5.11. The van der Waals surface area contributed by atoms with E-state index in [0.717, 1.165) is 21.6 Å². The number of halogens is 1. The molecule has 2 rings (SSSR count). The Morgan fingerprint density at radius 1 is 1.43 bits per heavy atom. The van der Waals surface area contributed by atoms with E-state index in [2.05, 4.69) is 26.2 Å². The Bertz CT molecular complexity index is 694. The molecule has 2 N–H and O–H groups in total. The molecule has 2 heterocycles. The first-order chi connectivity index (χ1) is 9.93. The van der Waals surface area contributed by atoms with Crippen molar-refractivity contribution in [3.05, 3.63) is 38.8 Å². The molecule has 116 valence electrons. The molecule has 0 aliphatic carbocycles. The maximum absolute atomic E-state index is 12.5. The fourth-order valence-corrected chi connectivity index (χ4v) is 4.26. The van der Waals surface area contributed by atoms with Crippen LogP contribution in [0.25, 0.3) is 0 Å². The minimum absolute atomic E-state index is 0.298. The van der Waals surface area contributed by atoms with Crippen LogP contribution in [0.1, 0.15) is 18.2 Å². The third kappa shape index (κ3) is 4.17. The summed E-state index contributed by atoms with van der Waals surface area (Å²) in [4.78, 5) is 3.29. The van der Waals surface area contributed by atoms with Crippen molar-refractivity contribution in [2.24, 2.45) is 0 Å². The standard InChI is InChI=1S/C13H18BrN3O2S2/c1-3-15-6-11-5-12(7-16-11)21(18,19)17(2)8-10-4-13(14)20-9-10/h4-5,7,9,15-16H,3,6,8H2,1-2H3. The predicted molar refractivity (Wildman–Crippen MR) is 88.8 cm³/mol. The molecule has 0 radical (unpaired) electrons. The van der Waals surface area contributed by atoms with Gasteiger partial charge in [-0.25, -0.2) is 8.42 Å². The lowest BCUT2D eigenvalue weighted by Crippen LogP contribution is -2.26. The number of hydrogen-bond donors (Lipinski definition) is 2. The highest BCUT2D eigenvalue weighted by molar-refractivity contribution is 9.11. The molecule has 5 nitrogen and oxygen atoms in total. The van der Waals surface area contributed by atoms with Gasteiger partial charge in [-0.05, 0) is 45.6 Å². The second kappa shape index (κ2) is 7.06. The second-order valence-corrected chi connectivity index (χ2v) is 9.00. The van der Waals surface area contributed by atoms with Crippen LogP contribution in [0.3, 0.4) is 0 Å². The predicted octanol–water partition coefficient (Wildman–Crippen LogP) is 2.77. The number of H-pyrrole nitrogens is 1.